The minimum Gasteiger partial charge on any atom is -0.326 e. The van der Waals surface area contributed by atoms with Gasteiger partial charge in [-0.3, -0.25) is 14.3 Å². The number of hydrogen-bond acceptors (Lipinski definition) is 4. The molecule has 1 aromatic carbocycles. The van der Waals surface area contributed by atoms with Gasteiger partial charge in [-0.1, -0.05) is 19.1 Å². The van der Waals surface area contributed by atoms with E-state index in [9.17, 15) is 9.59 Å². The highest BCUT2D eigenvalue weighted by Crippen LogP contribution is 2.13. The van der Waals surface area contributed by atoms with Crippen molar-refractivity contribution in [2.45, 2.75) is 20.4 Å². The van der Waals surface area contributed by atoms with Crippen LogP contribution in [0.15, 0.2) is 36.9 Å². The fourth-order valence-corrected chi connectivity index (χ4v) is 1.77. The zero-order chi connectivity index (χ0) is 14.5. The smallest absolute Gasteiger partial charge is 0.229 e. The van der Waals surface area contributed by atoms with E-state index in [1.807, 2.05) is 6.92 Å². The van der Waals surface area contributed by atoms with Gasteiger partial charge in [0.15, 0.2) is 5.78 Å². The van der Waals surface area contributed by atoms with Crippen molar-refractivity contribution in [2.24, 2.45) is 5.92 Å². The van der Waals surface area contributed by atoms with Crippen LogP contribution >= 0.6 is 0 Å². The Hall–Kier alpha value is -2.50. The summed E-state index contributed by atoms with van der Waals surface area (Å²) in [4.78, 5) is 27.2. The molecule has 6 heteroatoms. The van der Waals surface area contributed by atoms with Gasteiger partial charge in [0.2, 0.25) is 5.91 Å². The van der Waals surface area contributed by atoms with Crippen molar-refractivity contribution in [3.05, 3.63) is 42.5 Å². The monoisotopic (exact) mass is 272 g/mol. The molecule has 1 unspecified atom stereocenters. The summed E-state index contributed by atoms with van der Waals surface area (Å²) in [6.07, 6.45) is 3.00. The molecule has 20 heavy (non-hydrogen) atoms. The summed E-state index contributed by atoms with van der Waals surface area (Å²) in [5, 5.41) is 6.76. The lowest BCUT2D eigenvalue weighted by molar-refractivity contribution is -0.119. The quantitative estimate of drug-likeness (QED) is 0.841. The number of ketones is 1. The van der Waals surface area contributed by atoms with Crippen LogP contribution in [0.4, 0.5) is 5.69 Å². The molecular weight excluding hydrogens is 256 g/mol. The third-order valence-electron chi connectivity index (χ3n) is 2.91. The van der Waals surface area contributed by atoms with E-state index in [4.69, 9.17) is 0 Å². The van der Waals surface area contributed by atoms with Crippen LogP contribution in [-0.4, -0.2) is 26.5 Å². The van der Waals surface area contributed by atoms with Crippen LogP contribution < -0.4 is 5.32 Å². The number of nitrogens with zero attached hydrogens (tertiary/aromatic N) is 3. The summed E-state index contributed by atoms with van der Waals surface area (Å²) in [7, 11) is 0. The predicted molar refractivity (Wildman–Crippen MR) is 74.3 cm³/mol. The molecule has 6 nitrogen and oxygen atoms in total. The maximum Gasteiger partial charge on any atom is 0.229 e. The molecule has 2 aromatic rings. The van der Waals surface area contributed by atoms with E-state index < -0.39 is 0 Å². The van der Waals surface area contributed by atoms with Gasteiger partial charge in [0.1, 0.15) is 12.7 Å². The SMILES string of the molecule is CC(=O)c1cccc(NC(=O)C(C)Cn2cncn2)c1. The van der Waals surface area contributed by atoms with Crippen molar-refractivity contribution >= 4 is 17.4 Å². The van der Waals surface area contributed by atoms with Gasteiger partial charge in [-0.15, -0.1) is 0 Å². The second-order valence-corrected chi connectivity index (χ2v) is 4.64. The van der Waals surface area contributed by atoms with Crippen molar-refractivity contribution in [3.8, 4) is 0 Å². The van der Waals surface area contributed by atoms with Crippen molar-refractivity contribution in [1.82, 2.24) is 14.8 Å². The van der Waals surface area contributed by atoms with E-state index in [-0.39, 0.29) is 17.6 Å². The number of anilines is 1. The lowest BCUT2D eigenvalue weighted by Crippen LogP contribution is -2.24. The van der Waals surface area contributed by atoms with Crippen LogP contribution in [-0.2, 0) is 11.3 Å². The van der Waals surface area contributed by atoms with E-state index in [1.54, 1.807) is 35.3 Å². The molecule has 0 radical (unpaired) electrons. The normalized spacial score (nSPS) is 11.9. The molecule has 1 heterocycles. The molecule has 0 aliphatic rings. The number of benzene rings is 1. The molecule has 0 saturated heterocycles. The highest BCUT2D eigenvalue weighted by Gasteiger charge is 2.14. The maximum absolute atomic E-state index is 12.1. The summed E-state index contributed by atoms with van der Waals surface area (Å²) in [6.45, 7) is 3.76. The summed E-state index contributed by atoms with van der Waals surface area (Å²) in [5.74, 6) is -0.407. The molecule has 0 aliphatic heterocycles. The second kappa shape index (κ2) is 6.10. The number of rotatable bonds is 5. The first-order chi connectivity index (χ1) is 9.56. The molecule has 104 valence electrons. The maximum atomic E-state index is 12.1. The van der Waals surface area contributed by atoms with Crippen molar-refractivity contribution in [3.63, 3.8) is 0 Å². The Kier molecular flexibility index (Phi) is 4.24. The summed E-state index contributed by atoms with van der Waals surface area (Å²) >= 11 is 0. The Morgan fingerprint density at radius 3 is 2.85 bits per heavy atom. The van der Waals surface area contributed by atoms with Crippen LogP contribution in [0.25, 0.3) is 0 Å². The van der Waals surface area contributed by atoms with Crippen LogP contribution in [0, 0.1) is 5.92 Å². The van der Waals surface area contributed by atoms with Crippen LogP contribution in [0.1, 0.15) is 24.2 Å². The third kappa shape index (κ3) is 3.50. The standard InChI is InChI=1S/C14H16N4O2/c1-10(7-18-9-15-8-16-18)14(20)17-13-5-3-4-12(6-13)11(2)19/h3-6,8-10H,7H2,1-2H3,(H,17,20). The number of hydrogen-bond donors (Lipinski definition) is 1. The highest BCUT2D eigenvalue weighted by atomic mass is 16.2. The topological polar surface area (TPSA) is 76.9 Å². The summed E-state index contributed by atoms with van der Waals surface area (Å²) < 4.78 is 1.61. The first-order valence-corrected chi connectivity index (χ1v) is 6.30. The number of aromatic nitrogens is 3. The molecule has 0 aliphatic carbocycles. The Balaban J connectivity index is 2.00. The van der Waals surface area contributed by atoms with Gasteiger partial charge in [-0.25, -0.2) is 4.98 Å². The van der Waals surface area contributed by atoms with Crippen molar-refractivity contribution in [1.29, 1.82) is 0 Å². The van der Waals surface area contributed by atoms with Gasteiger partial charge in [-0.05, 0) is 19.1 Å². The van der Waals surface area contributed by atoms with Crippen molar-refractivity contribution < 1.29 is 9.59 Å². The predicted octanol–water partition coefficient (Wildman–Crippen LogP) is 1.76. The van der Waals surface area contributed by atoms with E-state index in [2.05, 4.69) is 15.4 Å². The minimum atomic E-state index is -0.252. The summed E-state index contributed by atoms with van der Waals surface area (Å²) in [5.41, 5.74) is 1.19. The van der Waals surface area contributed by atoms with Crippen LogP contribution in [0.3, 0.4) is 0 Å². The van der Waals surface area contributed by atoms with E-state index >= 15 is 0 Å². The average Bonchev–Trinajstić information content (AvgIpc) is 2.91. The number of amides is 1. The minimum absolute atomic E-state index is 0.0308. The molecule has 0 saturated carbocycles. The Labute approximate surface area is 116 Å². The fourth-order valence-electron chi connectivity index (χ4n) is 1.77. The average molecular weight is 272 g/mol. The van der Waals surface area contributed by atoms with Crippen LogP contribution in [0.2, 0.25) is 0 Å². The number of Topliss-reactive ketones (excluding diaryl/α,β-unsaturated/α-hetero) is 1. The number of carbonyl (C=O) groups excluding carboxylic acids is 2. The lowest BCUT2D eigenvalue weighted by Gasteiger charge is -2.12. The number of carbonyl (C=O) groups is 2. The van der Waals surface area contributed by atoms with E-state index in [1.165, 1.54) is 13.3 Å². The highest BCUT2D eigenvalue weighted by molar-refractivity contribution is 5.97. The third-order valence-corrected chi connectivity index (χ3v) is 2.91. The fraction of sp³-hybridized carbons (Fsp3) is 0.286. The molecule has 0 fully saturated rings. The first-order valence-electron chi connectivity index (χ1n) is 6.30. The van der Waals surface area contributed by atoms with Gasteiger partial charge in [0.05, 0.1) is 12.5 Å². The van der Waals surface area contributed by atoms with Gasteiger partial charge < -0.3 is 5.32 Å². The van der Waals surface area contributed by atoms with Gasteiger partial charge in [0, 0.05) is 11.3 Å². The second-order valence-electron chi connectivity index (χ2n) is 4.64. The molecule has 0 bridgehead atoms. The molecule has 1 atom stereocenters. The van der Waals surface area contributed by atoms with E-state index in [0.717, 1.165) is 0 Å². The Morgan fingerprint density at radius 1 is 1.40 bits per heavy atom. The molecule has 1 amide bonds. The molecule has 0 spiro atoms. The lowest BCUT2D eigenvalue weighted by atomic mass is 10.1. The number of nitrogens with one attached hydrogen (secondary N) is 1. The van der Waals surface area contributed by atoms with E-state index in [0.29, 0.717) is 17.8 Å². The van der Waals surface area contributed by atoms with Gasteiger partial charge in [-0.2, -0.15) is 5.10 Å². The summed E-state index contributed by atoms with van der Waals surface area (Å²) in [6, 6.07) is 6.89. The Morgan fingerprint density at radius 2 is 2.20 bits per heavy atom. The van der Waals surface area contributed by atoms with Crippen LogP contribution in [0.5, 0.6) is 0 Å². The molecular formula is C14H16N4O2. The molecule has 1 N–H and O–H groups in total. The molecule has 2 rings (SSSR count). The van der Waals surface area contributed by atoms with Crippen molar-refractivity contribution in [2.75, 3.05) is 5.32 Å². The zero-order valence-electron chi connectivity index (χ0n) is 11.4. The Bertz CT molecular complexity index is 607. The largest absolute Gasteiger partial charge is 0.326 e. The molecule has 1 aromatic heterocycles. The van der Waals surface area contributed by atoms with Gasteiger partial charge in [0.25, 0.3) is 0 Å². The first kappa shape index (κ1) is 13.9. The zero-order valence-corrected chi connectivity index (χ0v) is 11.4. The van der Waals surface area contributed by atoms with Gasteiger partial charge >= 0.3 is 0 Å².